The first-order valence-electron chi connectivity index (χ1n) is 5.83. The van der Waals surface area contributed by atoms with Crippen molar-refractivity contribution in [2.24, 2.45) is 0 Å². The monoisotopic (exact) mass is 285 g/mol. The Bertz CT molecular complexity index is 450. The highest BCUT2D eigenvalue weighted by Gasteiger charge is 2.21. The molecule has 1 aromatic rings. The van der Waals surface area contributed by atoms with Crippen LogP contribution < -0.4 is 5.32 Å². The number of hydrogen-bond donors (Lipinski definition) is 2. The topological polar surface area (TPSA) is 75.6 Å². The highest BCUT2D eigenvalue weighted by atomic mass is 35.5. The van der Waals surface area contributed by atoms with Crippen LogP contribution >= 0.6 is 11.6 Å². The Morgan fingerprint density at radius 1 is 1.42 bits per heavy atom. The van der Waals surface area contributed by atoms with Crippen molar-refractivity contribution in [3.63, 3.8) is 0 Å². The van der Waals surface area contributed by atoms with Crippen molar-refractivity contribution < 1.29 is 19.4 Å². The molecule has 0 fully saturated rings. The summed E-state index contributed by atoms with van der Waals surface area (Å²) in [5.74, 6) is -1.56. The second-order valence-electron chi connectivity index (χ2n) is 3.98. The van der Waals surface area contributed by atoms with E-state index in [1.54, 1.807) is 24.3 Å². The Kier molecular flexibility index (Phi) is 6.32. The van der Waals surface area contributed by atoms with Crippen LogP contribution in [0.1, 0.15) is 23.2 Å². The molecule has 1 rings (SSSR count). The number of rotatable bonds is 7. The average molecular weight is 286 g/mol. The van der Waals surface area contributed by atoms with Gasteiger partial charge in [-0.15, -0.1) is 0 Å². The van der Waals surface area contributed by atoms with Crippen molar-refractivity contribution in [2.45, 2.75) is 18.9 Å². The minimum Gasteiger partial charge on any atom is -0.480 e. The lowest BCUT2D eigenvalue weighted by Crippen LogP contribution is -2.41. The maximum absolute atomic E-state index is 11.9. The molecule has 0 saturated carbocycles. The molecule has 0 saturated heterocycles. The van der Waals surface area contributed by atoms with Gasteiger partial charge in [0.1, 0.15) is 6.04 Å². The van der Waals surface area contributed by atoms with Gasteiger partial charge in [-0.1, -0.05) is 23.7 Å². The van der Waals surface area contributed by atoms with Gasteiger partial charge in [0.25, 0.3) is 5.91 Å². The van der Waals surface area contributed by atoms with E-state index < -0.39 is 17.9 Å². The number of hydrogen-bond acceptors (Lipinski definition) is 3. The summed E-state index contributed by atoms with van der Waals surface area (Å²) >= 11 is 5.88. The molecule has 19 heavy (non-hydrogen) atoms. The summed E-state index contributed by atoms with van der Waals surface area (Å²) in [6.45, 7) is 0.450. The largest absolute Gasteiger partial charge is 0.480 e. The van der Waals surface area contributed by atoms with Gasteiger partial charge in [0.05, 0.1) is 10.6 Å². The van der Waals surface area contributed by atoms with E-state index >= 15 is 0 Å². The van der Waals surface area contributed by atoms with E-state index in [1.807, 2.05) is 0 Å². The van der Waals surface area contributed by atoms with E-state index in [9.17, 15) is 9.59 Å². The first kappa shape index (κ1) is 15.5. The van der Waals surface area contributed by atoms with Gasteiger partial charge in [0.2, 0.25) is 0 Å². The molecule has 1 amide bonds. The quantitative estimate of drug-likeness (QED) is 0.751. The number of carboxylic acid groups (broad SMARTS) is 1. The summed E-state index contributed by atoms with van der Waals surface area (Å²) in [7, 11) is 1.54. The number of methoxy groups -OCH3 is 1. The molecular weight excluding hydrogens is 270 g/mol. The molecule has 0 aliphatic carbocycles. The van der Waals surface area contributed by atoms with Crippen molar-refractivity contribution in [1.29, 1.82) is 0 Å². The van der Waals surface area contributed by atoms with Crippen LogP contribution in [0.3, 0.4) is 0 Å². The Morgan fingerprint density at radius 2 is 2.11 bits per heavy atom. The van der Waals surface area contributed by atoms with E-state index in [1.165, 1.54) is 7.11 Å². The van der Waals surface area contributed by atoms with Crippen LogP contribution in [-0.2, 0) is 9.53 Å². The van der Waals surface area contributed by atoms with Gasteiger partial charge in [-0.2, -0.15) is 0 Å². The predicted octanol–water partition coefficient (Wildman–Crippen LogP) is 1.95. The Balaban J connectivity index is 2.66. The molecule has 0 aliphatic rings. The van der Waals surface area contributed by atoms with E-state index in [2.05, 4.69) is 5.32 Å². The summed E-state index contributed by atoms with van der Waals surface area (Å²) in [5.41, 5.74) is 0.266. The lowest BCUT2D eigenvalue weighted by Gasteiger charge is -2.14. The molecule has 0 aliphatic heterocycles. The smallest absolute Gasteiger partial charge is 0.326 e. The third-order valence-electron chi connectivity index (χ3n) is 2.56. The maximum Gasteiger partial charge on any atom is 0.326 e. The van der Waals surface area contributed by atoms with Gasteiger partial charge < -0.3 is 15.2 Å². The van der Waals surface area contributed by atoms with E-state index in [0.717, 1.165) is 0 Å². The third kappa shape index (κ3) is 4.89. The van der Waals surface area contributed by atoms with Gasteiger partial charge in [-0.3, -0.25) is 4.79 Å². The number of carbonyl (C=O) groups is 2. The zero-order valence-electron chi connectivity index (χ0n) is 10.6. The van der Waals surface area contributed by atoms with Crippen molar-refractivity contribution >= 4 is 23.5 Å². The molecule has 5 nitrogen and oxygen atoms in total. The zero-order valence-corrected chi connectivity index (χ0v) is 11.3. The molecular formula is C13H16ClNO4. The van der Waals surface area contributed by atoms with Gasteiger partial charge in [-0.25, -0.2) is 4.79 Å². The molecule has 0 bridgehead atoms. The summed E-state index contributed by atoms with van der Waals surface area (Å²) < 4.78 is 4.85. The van der Waals surface area contributed by atoms with Crippen molar-refractivity contribution in [1.82, 2.24) is 5.32 Å². The third-order valence-corrected chi connectivity index (χ3v) is 2.89. The van der Waals surface area contributed by atoms with E-state index in [4.69, 9.17) is 21.4 Å². The van der Waals surface area contributed by atoms with E-state index in [0.29, 0.717) is 24.5 Å². The van der Waals surface area contributed by atoms with Crippen molar-refractivity contribution in [3.05, 3.63) is 34.9 Å². The number of aliphatic carboxylic acids is 1. The van der Waals surface area contributed by atoms with Crippen LogP contribution in [0.5, 0.6) is 0 Å². The molecule has 0 spiro atoms. The number of benzene rings is 1. The normalized spacial score (nSPS) is 11.9. The SMILES string of the molecule is COCCCC(NC(=O)c1ccccc1Cl)C(=O)O. The minimum atomic E-state index is -1.07. The molecule has 2 N–H and O–H groups in total. The second kappa shape index (κ2) is 7.76. The molecule has 0 heterocycles. The molecule has 1 atom stereocenters. The first-order chi connectivity index (χ1) is 9.06. The Labute approximate surface area is 116 Å². The number of halogens is 1. The molecule has 0 radical (unpaired) electrons. The lowest BCUT2D eigenvalue weighted by molar-refractivity contribution is -0.139. The lowest BCUT2D eigenvalue weighted by atomic mass is 10.1. The molecule has 6 heteroatoms. The van der Waals surface area contributed by atoms with Crippen LogP contribution in [0.2, 0.25) is 5.02 Å². The number of carbonyl (C=O) groups excluding carboxylic acids is 1. The fraction of sp³-hybridized carbons (Fsp3) is 0.385. The van der Waals surface area contributed by atoms with Crippen LogP contribution in [0.25, 0.3) is 0 Å². The number of amides is 1. The first-order valence-corrected chi connectivity index (χ1v) is 6.21. The molecule has 0 aromatic heterocycles. The summed E-state index contributed by atoms with van der Waals surface area (Å²) in [6.07, 6.45) is 0.857. The highest BCUT2D eigenvalue weighted by molar-refractivity contribution is 6.33. The number of nitrogens with one attached hydrogen (secondary N) is 1. The van der Waals surface area contributed by atoms with Crippen LogP contribution in [-0.4, -0.2) is 36.7 Å². The van der Waals surface area contributed by atoms with Crippen LogP contribution in [0.15, 0.2) is 24.3 Å². The highest BCUT2D eigenvalue weighted by Crippen LogP contribution is 2.15. The fourth-order valence-corrected chi connectivity index (χ4v) is 1.79. The van der Waals surface area contributed by atoms with Crippen LogP contribution in [0, 0.1) is 0 Å². The van der Waals surface area contributed by atoms with E-state index in [-0.39, 0.29) is 5.56 Å². The fourth-order valence-electron chi connectivity index (χ4n) is 1.57. The summed E-state index contributed by atoms with van der Waals surface area (Å²) in [6, 6.07) is 5.55. The van der Waals surface area contributed by atoms with Crippen molar-refractivity contribution in [2.75, 3.05) is 13.7 Å². The van der Waals surface area contributed by atoms with Gasteiger partial charge in [-0.05, 0) is 25.0 Å². The van der Waals surface area contributed by atoms with Gasteiger partial charge in [0.15, 0.2) is 0 Å². The zero-order chi connectivity index (χ0) is 14.3. The van der Waals surface area contributed by atoms with Gasteiger partial charge >= 0.3 is 5.97 Å². The molecule has 104 valence electrons. The Hall–Kier alpha value is -1.59. The summed E-state index contributed by atoms with van der Waals surface area (Å²) in [5, 5.41) is 11.8. The standard InChI is InChI=1S/C13H16ClNO4/c1-19-8-4-7-11(13(17)18)15-12(16)9-5-2-3-6-10(9)14/h2-3,5-6,11H,4,7-8H2,1H3,(H,15,16)(H,17,18). The number of carboxylic acids is 1. The summed E-state index contributed by atoms with van der Waals surface area (Å²) in [4.78, 5) is 23.0. The van der Waals surface area contributed by atoms with Gasteiger partial charge in [0, 0.05) is 13.7 Å². The molecule has 1 aromatic carbocycles. The van der Waals surface area contributed by atoms with Crippen LogP contribution in [0.4, 0.5) is 0 Å². The molecule has 1 unspecified atom stereocenters. The second-order valence-corrected chi connectivity index (χ2v) is 4.39. The Morgan fingerprint density at radius 3 is 2.68 bits per heavy atom. The average Bonchev–Trinajstić information content (AvgIpc) is 2.38. The van der Waals surface area contributed by atoms with Crippen molar-refractivity contribution in [3.8, 4) is 0 Å². The minimum absolute atomic E-state index is 0.266. The predicted molar refractivity (Wildman–Crippen MR) is 71.5 cm³/mol. The maximum atomic E-state index is 11.9. The number of ether oxygens (including phenoxy) is 1.